The van der Waals surface area contributed by atoms with Gasteiger partial charge < -0.3 is 10.0 Å². The van der Waals surface area contributed by atoms with Gasteiger partial charge in [-0.25, -0.2) is 8.78 Å². The predicted octanol–water partition coefficient (Wildman–Crippen LogP) is -0.682. The van der Waals surface area contributed by atoms with E-state index in [1.54, 1.807) is 0 Å². The van der Waals surface area contributed by atoms with Crippen molar-refractivity contribution < 1.29 is 27.6 Å². The second-order valence-electron chi connectivity index (χ2n) is 2.11. The monoisotopic (exact) mass is 195 g/mol. The van der Waals surface area contributed by atoms with E-state index in [-0.39, 0.29) is 0 Å². The van der Waals surface area contributed by atoms with E-state index in [2.05, 4.69) is 4.98 Å². The summed E-state index contributed by atoms with van der Waals surface area (Å²) < 4.78 is 49.6. The first kappa shape index (κ1) is 9.94. The molecule has 0 spiro atoms. The minimum atomic E-state index is -2.63. The Bertz CT molecular complexity index is 320. The molecular formula is C5H2BF4NO2. The zero-order valence-electron chi connectivity index (χ0n) is 5.93. The van der Waals surface area contributed by atoms with Gasteiger partial charge >= 0.3 is 7.12 Å². The van der Waals surface area contributed by atoms with Gasteiger partial charge in [0.2, 0.25) is 0 Å². The average Bonchev–Trinajstić information content (AvgIpc) is 2.01. The van der Waals surface area contributed by atoms with E-state index in [9.17, 15) is 17.6 Å². The summed E-state index contributed by atoms with van der Waals surface area (Å²) in [5, 5.41) is 16.7. The first-order valence-corrected chi connectivity index (χ1v) is 3.01. The lowest BCUT2D eigenvalue weighted by Crippen LogP contribution is -2.38. The van der Waals surface area contributed by atoms with Crippen molar-refractivity contribution in [3.63, 3.8) is 0 Å². The molecule has 1 rings (SSSR count). The van der Waals surface area contributed by atoms with Gasteiger partial charge in [0.05, 0.1) is 5.46 Å². The smallest absolute Gasteiger partial charge is 0.423 e. The van der Waals surface area contributed by atoms with E-state index in [0.29, 0.717) is 0 Å². The van der Waals surface area contributed by atoms with E-state index in [0.717, 1.165) is 0 Å². The van der Waals surface area contributed by atoms with Gasteiger partial charge in [0, 0.05) is 0 Å². The van der Waals surface area contributed by atoms with Crippen LogP contribution in [0.25, 0.3) is 0 Å². The molecule has 1 heterocycles. The molecule has 2 N–H and O–H groups in total. The van der Waals surface area contributed by atoms with Crippen LogP contribution in [-0.4, -0.2) is 22.2 Å². The van der Waals surface area contributed by atoms with Crippen molar-refractivity contribution in [3.8, 4) is 0 Å². The molecule has 0 aromatic carbocycles. The molecule has 0 unspecified atom stereocenters. The first-order chi connectivity index (χ1) is 5.95. The van der Waals surface area contributed by atoms with Gasteiger partial charge in [0.25, 0.3) is 11.9 Å². The summed E-state index contributed by atoms with van der Waals surface area (Å²) in [5.74, 6) is -7.70. The third-order valence-electron chi connectivity index (χ3n) is 1.29. The summed E-state index contributed by atoms with van der Waals surface area (Å²) >= 11 is 0. The molecule has 1 aromatic heterocycles. The van der Waals surface area contributed by atoms with Crippen molar-refractivity contribution in [1.82, 2.24) is 4.98 Å². The van der Waals surface area contributed by atoms with Crippen LogP contribution in [0.3, 0.4) is 0 Å². The lowest BCUT2D eigenvalue weighted by molar-refractivity contribution is 0.391. The van der Waals surface area contributed by atoms with Crippen molar-refractivity contribution in [3.05, 3.63) is 23.5 Å². The Kier molecular flexibility index (Phi) is 2.53. The fourth-order valence-electron chi connectivity index (χ4n) is 0.730. The van der Waals surface area contributed by atoms with E-state index in [1.807, 2.05) is 0 Å². The van der Waals surface area contributed by atoms with Gasteiger partial charge in [-0.3, -0.25) is 0 Å². The lowest BCUT2D eigenvalue weighted by Gasteiger charge is -2.03. The van der Waals surface area contributed by atoms with E-state index >= 15 is 0 Å². The SMILES string of the molecule is OB(O)c1c(F)c(F)nc(F)c1F. The van der Waals surface area contributed by atoms with Gasteiger partial charge in [-0.2, -0.15) is 13.8 Å². The van der Waals surface area contributed by atoms with Crippen molar-refractivity contribution in [1.29, 1.82) is 0 Å². The normalized spacial score (nSPS) is 10.3. The predicted molar refractivity (Wildman–Crippen MR) is 33.9 cm³/mol. The standard InChI is InChI=1S/C5H2BF4NO2/c7-2-1(6(12)13)3(8)5(10)11-4(2)9/h12-13H. The van der Waals surface area contributed by atoms with Crippen molar-refractivity contribution in [2.24, 2.45) is 0 Å². The molecule has 0 radical (unpaired) electrons. The van der Waals surface area contributed by atoms with E-state index in [1.165, 1.54) is 0 Å². The Hall–Kier alpha value is -1.15. The maximum absolute atomic E-state index is 12.5. The van der Waals surface area contributed by atoms with Crippen LogP contribution in [0.1, 0.15) is 0 Å². The third-order valence-corrected chi connectivity index (χ3v) is 1.29. The van der Waals surface area contributed by atoms with Crippen LogP contribution in [0.2, 0.25) is 0 Å². The van der Waals surface area contributed by atoms with Gasteiger partial charge in [-0.05, 0) is 0 Å². The highest BCUT2D eigenvalue weighted by Crippen LogP contribution is 2.06. The Morgan fingerprint density at radius 3 is 1.62 bits per heavy atom. The van der Waals surface area contributed by atoms with Crippen LogP contribution >= 0.6 is 0 Å². The zero-order valence-corrected chi connectivity index (χ0v) is 5.93. The van der Waals surface area contributed by atoms with E-state index < -0.39 is 36.1 Å². The second-order valence-corrected chi connectivity index (χ2v) is 2.11. The van der Waals surface area contributed by atoms with Crippen LogP contribution in [-0.2, 0) is 0 Å². The fourth-order valence-corrected chi connectivity index (χ4v) is 0.730. The summed E-state index contributed by atoms with van der Waals surface area (Å²) in [4.78, 5) is 2.21. The topological polar surface area (TPSA) is 53.4 Å². The highest BCUT2D eigenvalue weighted by Gasteiger charge is 2.28. The highest BCUT2D eigenvalue weighted by molar-refractivity contribution is 6.58. The molecular weight excluding hydrogens is 193 g/mol. The summed E-state index contributed by atoms with van der Waals surface area (Å²) in [6.45, 7) is 0. The molecule has 1 aromatic rings. The summed E-state index contributed by atoms with van der Waals surface area (Å²) in [7, 11) is -2.63. The lowest BCUT2D eigenvalue weighted by atomic mass is 9.80. The Balaban J connectivity index is 3.46. The molecule has 0 atom stereocenters. The van der Waals surface area contributed by atoms with Crippen molar-refractivity contribution in [2.75, 3.05) is 0 Å². The molecule has 0 bridgehead atoms. The molecule has 3 nitrogen and oxygen atoms in total. The van der Waals surface area contributed by atoms with Gasteiger partial charge in [0.1, 0.15) is 0 Å². The summed E-state index contributed by atoms with van der Waals surface area (Å²) in [6, 6.07) is 0. The fraction of sp³-hybridized carbons (Fsp3) is 0. The summed E-state index contributed by atoms with van der Waals surface area (Å²) in [5.41, 5.74) is -1.50. The molecule has 13 heavy (non-hydrogen) atoms. The minimum absolute atomic E-state index is 1.50. The maximum atomic E-state index is 12.5. The molecule has 0 aliphatic rings. The molecule has 70 valence electrons. The number of aromatic nitrogens is 1. The highest BCUT2D eigenvalue weighted by atomic mass is 19.2. The number of pyridine rings is 1. The third kappa shape index (κ3) is 1.63. The van der Waals surface area contributed by atoms with Crippen LogP contribution in [0.15, 0.2) is 0 Å². The Labute approximate surface area is 69.8 Å². The average molecular weight is 195 g/mol. The van der Waals surface area contributed by atoms with Gasteiger partial charge in [0.15, 0.2) is 11.6 Å². The number of hydrogen-bond acceptors (Lipinski definition) is 3. The molecule has 0 aliphatic carbocycles. The number of hydrogen-bond donors (Lipinski definition) is 2. The van der Waals surface area contributed by atoms with E-state index in [4.69, 9.17) is 10.0 Å². The second kappa shape index (κ2) is 3.31. The Morgan fingerprint density at radius 2 is 1.31 bits per heavy atom. The number of nitrogens with zero attached hydrogens (tertiary/aromatic N) is 1. The van der Waals surface area contributed by atoms with Gasteiger partial charge in [-0.15, -0.1) is 0 Å². The molecule has 0 saturated heterocycles. The Morgan fingerprint density at radius 1 is 0.923 bits per heavy atom. The van der Waals surface area contributed by atoms with Crippen LogP contribution in [0, 0.1) is 23.5 Å². The molecule has 8 heteroatoms. The largest absolute Gasteiger partial charge is 0.494 e. The molecule has 0 amide bonds. The van der Waals surface area contributed by atoms with Crippen molar-refractivity contribution >= 4 is 12.6 Å². The molecule has 0 aliphatic heterocycles. The quantitative estimate of drug-likeness (QED) is 0.354. The maximum Gasteiger partial charge on any atom is 0.494 e. The van der Waals surface area contributed by atoms with Crippen molar-refractivity contribution in [2.45, 2.75) is 0 Å². The summed E-state index contributed by atoms with van der Waals surface area (Å²) in [6.07, 6.45) is 0. The minimum Gasteiger partial charge on any atom is -0.423 e. The van der Waals surface area contributed by atoms with Crippen LogP contribution in [0.5, 0.6) is 0 Å². The van der Waals surface area contributed by atoms with Crippen LogP contribution in [0.4, 0.5) is 17.6 Å². The number of halogens is 4. The first-order valence-electron chi connectivity index (χ1n) is 3.01. The zero-order chi connectivity index (χ0) is 10.2. The van der Waals surface area contributed by atoms with Crippen LogP contribution < -0.4 is 5.46 Å². The molecule has 0 fully saturated rings. The number of rotatable bonds is 1. The molecule has 0 saturated carbocycles. The van der Waals surface area contributed by atoms with Gasteiger partial charge in [-0.1, -0.05) is 0 Å².